The molecule has 0 bridgehead atoms. The van der Waals surface area contributed by atoms with Gasteiger partial charge in [0.1, 0.15) is 10.9 Å². The number of aromatic nitrogens is 3. The Morgan fingerprint density at radius 2 is 1.89 bits per heavy atom. The van der Waals surface area contributed by atoms with Crippen LogP contribution in [-0.4, -0.2) is 15.0 Å². The maximum absolute atomic E-state index is 6.20. The quantitative estimate of drug-likeness (QED) is 0.351. The van der Waals surface area contributed by atoms with Gasteiger partial charge in [0.15, 0.2) is 16.7 Å². The van der Waals surface area contributed by atoms with E-state index >= 15 is 0 Å². The summed E-state index contributed by atoms with van der Waals surface area (Å²) in [6.07, 6.45) is 3.42. The summed E-state index contributed by atoms with van der Waals surface area (Å²) in [5, 5.41) is 6.46. The molecule has 0 aliphatic rings. The minimum Gasteiger partial charge on any atom is -0.452 e. The molecule has 0 saturated heterocycles. The maximum Gasteiger partial charge on any atom is 0.188 e. The third kappa shape index (κ3) is 4.62. The van der Waals surface area contributed by atoms with Crippen molar-refractivity contribution in [1.82, 2.24) is 15.0 Å². The zero-order valence-corrected chi connectivity index (χ0v) is 17.2. The lowest BCUT2D eigenvalue weighted by Crippen LogP contribution is -1.98. The molecule has 4 rings (SSSR count). The second kappa shape index (κ2) is 8.60. The Bertz CT molecular complexity index is 1090. The number of hydrogen-bond acceptors (Lipinski definition) is 7. The molecule has 140 valence electrons. The van der Waals surface area contributed by atoms with Crippen molar-refractivity contribution >= 4 is 45.6 Å². The molecule has 0 saturated carbocycles. The van der Waals surface area contributed by atoms with Gasteiger partial charge in [-0.15, -0.1) is 11.3 Å². The lowest BCUT2D eigenvalue weighted by Gasteiger charge is -2.15. The fourth-order valence-corrected chi connectivity index (χ4v) is 4.23. The van der Waals surface area contributed by atoms with Crippen molar-refractivity contribution < 1.29 is 4.74 Å². The van der Waals surface area contributed by atoms with Crippen molar-refractivity contribution in [3.05, 3.63) is 77.2 Å². The van der Waals surface area contributed by atoms with Gasteiger partial charge in [-0.3, -0.25) is 0 Å². The molecular formula is C20H15ClN4OS2. The number of pyridine rings is 2. The van der Waals surface area contributed by atoms with E-state index in [2.05, 4.69) is 20.3 Å². The number of rotatable bonds is 6. The van der Waals surface area contributed by atoms with E-state index in [0.29, 0.717) is 16.7 Å². The van der Waals surface area contributed by atoms with Crippen LogP contribution >= 0.6 is 34.7 Å². The summed E-state index contributed by atoms with van der Waals surface area (Å²) in [7, 11) is 0. The fourth-order valence-electron chi connectivity index (χ4n) is 2.39. The van der Waals surface area contributed by atoms with Crippen molar-refractivity contribution in [1.29, 1.82) is 0 Å². The van der Waals surface area contributed by atoms with Crippen molar-refractivity contribution in [2.24, 2.45) is 0 Å². The second-order valence-electron chi connectivity index (χ2n) is 5.74. The molecule has 4 aromatic rings. The normalized spacial score (nSPS) is 10.6. The zero-order valence-electron chi connectivity index (χ0n) is 14.8. The number of anilines is 2. The van der Waals surface area contributed by atoms with Gasteiger partial charge >= 0.3 is 0 Å². The first-order valence-corrected chi connectivity index (χ1v) is 10.5. The molecule has 3 aromatic heterocycles. The zero-order chi connectivity index (χ0) is 19.3. The van der Waals surface area contributed by atoms with Gasteiger partial charge in [-0.25, -0.2) is 15.0 Å². The summed E-state index contributed by atoms with van der Waals surface area (Å²) in [5.41, 5.74) is 0.954. The molecule has 0 radical (unpaired) electrons. The summed E-state index contributed by atoms with van der Waals surface area (Å²) in [5.74, 6) is 1.95. The van der Waals surface area contributed by atoms with Gasteiger partial charge in [0.05, 0.1) is 10.6 Å². The number of hydrogen-bond donors (Lipinski definition) is 1. The lowest BCUT2D eigenvalue weighted by atomic mass is 10.3. The number of nitrogens with zero attached hydrogens (tertiary/aromatic N) is 3. The molecule has 0 aliphatic carbocycles. The highest BCUT2D eigenvalue weighted by atomic mass is 35.5. The molecule has 0 unspecified atom stereocenters. The number of para-hydroxylation sites is 1. The van der Waals surface area contributed by atoms with Crippen LogP contribution < -0.4 is 10.1 Å². The maximum atomic E-state index is 6.20. The molecule has 1 N–H and O–H groups in total. The number of ether oxygens (including phenoxy) is 1. The van der Waals surface area contributed by atoms with E-state index in [1.165, 1.54) is 23.1 Å². The van der Waals surface area contributed by atoms with Crippen LogP contribution in [0, 0.1) is 6.92 Å². The molecule has 5 nitrogen and oxygen atoms in total. The van der Waals surface area contributed by atoms with Crippen LogP contribution in [-0.2, 0) is 0 Å². The highest BCUT2D eigenvalue weighted by molar-refractivity contribution is 7.99. The average molecular weight is 427 g/mol. The van der Waals surface area contributed by atoms with Crippen LogP contribution in [0.5, 0.6) is 11.5 Å². The Morgan fingerprint density at radius 1 is 1.07 bits per heavy atom. The molecule has 0 fully saturated rings. The average Bonchev–Trinajstić information content (AvgIpc) is 3.10. The molecule has 28 heavy (non-hydrogen) atoms. The van der Waals surface area contributed by atoms with Crippen LogP contribution in [0.25, 0.3) is 0 Å². The van der Waals surface area contributed by atoms with Crippen LogP contribution in [0.2, 0.25) is 5.15 Å². The van der Waals surface area contributed by atoms with Gasteiger partial charge in [0.25, 0.3) is 0 Å². The van der Waals surface area contributed by atoms with E-state index in [1.54, 1.807) is 12.4 Å². The van der Waals surface area contributed by atoms with Gasteiger partial charge in [-0.05, 0) is 37.3 Å². The number of thiazole rings is 1. The minimum absolute atomic E-state index is 0.446. The first kappa shape index (κ1) is 18.7. The van der Waals surface area contributed by atoms with Gasteiger partial charge in [-0.2, -0.15) is 0 Å². The van der Waals surface area contributed by atoms with Gasteiger partial charge in [-0.1, -0.05) is 41.6 Å². The fraction of sp³-hybridized carbons (Fsp3) is 0.0500. The van der Waals surface area contributed by atoms with Crippen LogP contribution in [0.3, 0.4) is 0 Å². The van der Waals surface area contributed by atoms with E-state index < -0.39 is 0 Å². The predicted octanol–water partition coefficient (Wildman–Crippen LogP) is 6.58. The Labute approximate surface area is 175 Å². The smallest absolute Gasteiger partial charge is 0.188 e. The molecule has 0 aliphatic heterocycles. The molecule has 0 atom stereocenters. The monoisotopic (exact) mass is 426 g/mol. The van der Waals surface area contributed by atoms with E-state index in [1.807, 2.05) is 60.8 Å². The number of halogens is 1. The molecule has 3 heterocycles. The Morgan fingerprint density at radius 3 is 2.64 bits per heavy atom. The van der Waals surface area contributed by atoms with E-state index in [0.717, 1.165) is 26.4 Å². The highest BCUT2D eigenvalue weighted by Gasteiger charge is 2.16. The van der Waals surface area contributed by atoms with E-state index in [-0.39, 0.29) is 0 Å². The second-order valence-corrected chi connectivity index (χ2v) is 8.10. The Balaban J connectivity index is 1.72. The van der Waals surface area contributed by atoms with E-state index in [9.17, 15) is 0 Å². The molecular weight excluding hydrogens is 412 g/mol. The Kier molecular flexibility index (Phi) is 5.76. The SMILES string of the molecule is Cc1csc(Nc2nccc(Sc3ccnc(Cl)c3)c2Oc2ccccc2)n1. The van der Waals surface area contributed by atoms with Crippen molar-refractivity contribution in [3.8, 4) is 11.5 Å². The number of nitrogens with one attached hydrogen (secondary N) is 1. The first-order chi connectivity index (χ1) is 13.7. The van der Waals surface area contributed by atoms with Crippen LogP contribution in [0.4, 0.5) is 10.9 Å². The number of aryl methyl sites for hydroxylation is 1. The van der Waals surface area contributed by atoms with Crippen molar-refractivity contribution in [2.45, 2.75) is 16.7 Å². The molecule has 0 spiro atoms. The third-order valence-corrected chi connectivity index (χ3v) is 5.72. The topological polar surface area (TPSA) is 59.9 Å². The summed E-state index contributed by atoms with van der Waals surface area (Å²) in [6, 6.07) is 15.2. The molecule has 0 amide bonds. The van der Waals surface area contributed by atoms with E-state index in [4.69, 9.17) is 16.3 Å². The van der Waals surface area contributed by atoms with Crippen molar-refractivity contribution in [2.75, 3.05) is 5.32 Å². The van der Waals surface area contributed by atoms with Gasteiger partial charge in [0.2, 0.25) is 0 Å². The van der Waals surface area contributed by atoms with Crippen LogP contribution in [0.15, 0.2) is 76.1 Å². The number of benzene rings is 1. The van der Waals surface area contributed by atoms with Crippen molar-refractivity contribution in [3.63, 3.8) is 0 Å². The highest BCUT2D eigenvalue weighted by Crippen LogP contribution is 2.42. The van der Waals surface area contributed by atoms with Crippen LogP contribution in [0.1, 0.15) is 5.69 Å². The van der Waals surface area contributed by atoms with Gasteiger partial charge in [0, 0.05) is 22.7 Å². The first-order valence-electron chi connectivity index (χ1n) is 8.38. The minimum atomic E-state index is 0.446. The van der Waals surface area contributed by atoms with Gasteiger partial charge < -0.3 is 10.1 Å². The summed E-state index contributed by atoms with van der Waals surface area (Å²) in [6.45, 7) is 1.95. The Hall–Kier alpha value is -2.61. The largest absolute Gasteiger partial charge is 0.452 e. The molecule has 1 aromatic carbocycles. The summed E-state index contributed by atoms with van der Waals surface area (Å²) in [4.78, 5) is 14.8. The lowest BCUT2D eigenvalue weighted by molar-refractivity contribution is 0.471. The summed E-state index contributed by atoms with van der Waals surface area (Å²) < 4.78 is 6.20. The summed E-state index contributed by atoms with van der Waals surface area (Å²) >= 11 is 9.09. The predicted molar refractivity (Wildman–Crippen MR) is 114 cm³/mol. The third-order valence-electron chi connectivity index (χ3n) is 3.60. The standard InChI is InChI=1S/C20H15ClN4OS2/c1-13-12-27-20(24-13)25-19-18(26-14-5-3-2-4-6-14)16(8-10-23-19)28-15-7-9-22-17(21)11-15/h2-12H,1H3,(H,23,24,25). The molecule has 8 heteroatoms.